The van der Waals surface area contributed by atoms with Crippen molar-refractivity contribution in [2.75, 3.05) is 5.73 Å². The van der Waals surface area contributed by atoms with Crippen LogP contribution in [0.25, 0.3) is 11.2 Å². The van der Waals surface area contributed by atoms with Crippen molar-refractivity contribution in [3.8, 4) is 0 Å². The van der Waals surface area contributed by atoms with Gasteiger partial charge in [0.25, 0.3) is 0 Å². The highest BCUT2D eigenvalue weighted by Crippen LogP contribution is 2.62. The van der Waals surface area contributed by atoms with Crippen LogP contribution in [0.4, 0.5) is 5.95 Å². The van der Waals surface area contributed by atoms with Gasteiger partial charge in [-0.05, 0) is 55.6 Å². The summed E-state index contributed by atoms with van der Waals surface area (Å²) < 4.78 is 2.13. The molecule has 18 heavy (non-hydrogen) atoms. The third-order valence-corrected chi connectivity index (χ3v) is 4.67. The first-order valence-electron chi connectivity index (χ1n) is 6.77. The lowest BCUT2D eigenvalue weighted by Gasteiger charge is -2.16. The summed E-state index contributed by atoms with van der Waals surface area (Å²) in [7, 11) is 0. The maximum absolute atomic E-state index is 6.09. The minimum absolute atomic E-state index is 0.521. The molecule has 0 radical (unpaired) electrons. The van der Waals surface area contributed by atoms with Crippen molar-refractivity contribution in [1.82, 2.24) is 14.5 Å². The van der Waals surface area contributed by atoms with Gasteiger partial charge in [-0.3, -0.25) is 4.57 Å². The molecule has 0 amide bonds. The molecule has 2 aromatic heterocycles. The zero-order chi connectivity index (χ0) is 12.3. The molecule has 2 heterocycles. The van der Waals surface area contributed by atoms with Gasteiger partial charge in [-0.2, -0.15) is 0 Å². The molecule has 2 fully saturated rings. The van der Waals surface area contributed by atoms with Gasteiger partial charge in [0.1, 0.15) is 5.52 Å². The van der Waals surface area contributed by atoms with Gasteiger partial charge in [0.15, 0.2) is 5.65 Å². The average molecular weight is 242 g/mol. The largest absolute Gasteiger partial charge is 0.369 e. The van der Waals surface area contributed by atoms with Crippen molar-refractivity contribution in [1.29, 1.82) is 0 Å². The van der Waals surface area contributed by atoms with Crippen LogP contribution in [0.15, 0.2) is 12.3 Å². The Morgan fingerprint density at radius 1 is 1.44 bits per heavy atom. The predicted octanol–water partition coefficient (Wildman–Crippen LogP) is 2.51. The molecular formula is C14H18N4. The molecule has 94 valence electrons. The molecule has 0 unspecified atom stereocenters. The molecule has 0 aliphatic heterocycles. The van der Waals surface area contributed by atoms with Crippen molar-refractivity contribution in [2.45, 2.75) is 39.2 Å². The molecule has 0 saturated heterocycles. The van der Waals surface area contributed by atoms with E-state index in [1.165, 1.54) is 25.7 Å². The number of nitrogens with zero attached hydrogens (tertiary/aromatic N) is 3. The Hall–Kier alpha value is -1.58. The summed E-state index contributed by atoms with van der Waals surface area (Å²) in [6.07, 6.45) is 7.36. The molecule has 2 N–H and O–H groups in total. The highest BCUT2D eigenvalue weighted by atomic mass is 15.2. The number of hydrogen-bond acceptors (Lipinski definition) is 3. The summed E-state index contributed by atoms with van der Waals surface area (Å²) in [4.78, 5) is 8.96. The van der Waals surface area contributed by atoms with E-state index in [2.05, 4.69) is 21.5 Å². The van der Waals surface area contributed by atoms with Crippen LogP contribution in [0.5, 0.6) is 0 Å². The van der Waals surface area contributed by atoms with Gasteiger partial charge in [0, 0.05) is 12.7 Å². The number of nitrogen functional groups attached to an aromatic ring is 1. The summed E-state index contributed by atoms with van der Waals surface area (Å²) in [5, 5.41) is 0. The molecule has 0 atom stereocenters. The lowest BCUT2D eigenvalue weighted by atomic mass is 10.0. The second kappa shape index (κ2) is 3.25. The van der Waals surface area contributed by atoms with Crippen LogP contribution < -0.4 is 5.73 Å². The minimum atomic E-state index is 0.521. The predicted molar refractivity (Wildman–Crippen MR) is 71.1 cm³/mol. The fraction of sp³-hybridized carbons (Fsp3) is 0.571. The van der Waals surface area contributed by atoms with Crippen molar-refractivity contribution in [3.05, 3.63) is 17.8 Å². The molecule has 0 aromatic carbocycles. The van der Waals surface area contributed by atoms with Crippen molar-refractivity contribution in [2.24, 2.45) is 11.3 Å². The van der Waals surface area contributed by atoms with Crippen LogP contribution in [0.3, 0.4) is 0 Å². The van der Waals surface area contributed by atoms with Crippen molar-refractivity contribution in [3.63, 3.8) is 0 Å². The topological polar surface area (TPSA) is 56.7 Å². The van der Waals surface area contributed by atoms with E-state index in [-0.39, 0.29) is 0 Å². The second-order valence-electron chi connectivity index (χ2n) is 5.99. The zero-order valence-corrected chi connectivity index (χ0v) is 10.7. The van der Waals surface area contributed by atoms with Crippen molar-refractivity contribution >= 4 is 17.1 Å². The first kappa shape index (κ1) is 10.4. The third-order valence-electron chi connectivity index (χ3n) is 4.67. The maximum atomic E-state index is 6.09. The Kier molecular flexibility index (Phi) is 1.87. The SMILES string of the molecule is Cc1ccnc2c1nc(N)n2CC1(C2CC2)CC1. The molecule has 2 saturated carbocycles. The summed E-state index contributed by atoms with van der Waals surface area (Å²) >= 11 is 0. The number of anilines is 1. The lowest BCUT2D eigenvalue weighted by Crippen LogP contribution is -2.16. The van der Waals surface area contributed by atoms with Crippen molar-refractivity contribution < 1.29 is 0 Å². The Morgan fingerprint density at radius 3 is 2.89 bits per heavy atom. The van der Waals surface area contributed by atoms with E-state index in [9.17, 15) is 0 Å². The first-order chi connectivity index (χ1) is 8.70. The number of hydrogen-bond donors (Lipinski definition) is 1. The van der Waals surface area contributed by atoms with Crippen LogP contribution in [-0.4, -0.2) is 14.5 Å². The van der Waals surface area contributed by atoms with E-state index in [1.54, 1.807) is 0 Å². The monoisotopic (exact) mass is 242 g/mol. The average Bonchev–Trinajstić information content (AvgIpc) is 3.23. The minimum Gasteiger partial charge on any atom is -0.369 e. The highest BCUT2D eigenvalue weighted by molar-refractivity contribution is 5.77. The van der Waals surface area contributed by atoms with Gasteiger partial charge in [-0.1, -0.05) is 0 Å². The molecule has 0 bridgehead atoms. The zero-order valence-electron chi connectivity index (χ0n) is 10.7. The highest BCUT2D eigenvalue weighted by Gasteiger charge is 2.54. The summed E-state index contributed by atoms with van der Waals surface area (Å²) in [6, 6.07) is 1.99. The second-order valence-corrected chi connectivity index (χ2v) is 5.99. The number of aromatic nitrogens is 3. The van der Waals surface area contributed by atoms with Crippen LogP contribution in [0.2, 0.25) is 0 Å². The van der Waals surface area contributed by atoms with E-state index in [0.717, 1.165) is 29.2 Å². The Labute approximate surface area is 106 Å². The standard InChI is InChI=1S/C14H18N4/c1-9-4-7-16-12-11(9)17-13(15)18(12)8-14(5-6-14)10-2-3-10/h4,7,10H,2-3,5-6,8H2,1H3,(H2,15,17). The van der Waals surface area contributed by atoms with Gasteiger partial charge in [0.2, 0.25) is 5.95 Å². The van der Waals surface area contributed by atoms with Crippen LogP contribution in [-0.2, 0) is 6.54 Å². The summed E-state index contributed by atoms with van der Waals surface area (Å²) in [5.41, 5.74) is 9.68. The number of fused-ring (bicyclic) bond motifs is 1. The number of imidazole rings is 1. The third kappa shape index (κ3) is 1.38. The van der Waals surface area contributed by atoms with E-state index in [1.807, 2.05) is 12.3 Å². The van der Waals surface area contributed by atoms with Crippen LogP contribution in [0, 0.1) is 18.3 Å². The smallest absolute Gasteiger partial charge is 0.202 e. The Morgan fingerprint density at radius 2 is 2.22 bits per heavy atom. The normalized spacial score (nSPS) is 21.4. The molecule has 4 nitrogen and oxygen atoms in total. The molecule has 2 aliphatic carbocycles. The fourth-order valence-corrected chi connectivity index (χ4v) is 3.18. The fourth-order valence-electron chi connectivity index (χ4n) is 3.18. The number of pyridine rings is 1. The maximum Gasteiger partial charge on any atom is 0.202 e. The number of nitrogens with two attached hydrogens (primary N) is 1. The quantitative estimate of drug-likeness (QED) is 0.899. The van der Waals surface area contributed by atoms with Crippen LogP contribution >= 0.6 is 0 Å². The first-order valence-corrected chi connectivity index (χ1v) is 6.77. The van der Waals surface area contributed by atoms with Crippen LogP contribution in [0.1, 0.15) is 31.2 Å². The number of aryl methyl sites for hydroxylation is 1. The van der Waals surface area contributed by atoms with E-state index in [0.29, 0.717) is 11.4 Å². The summed E-state index contributed by atoms with van der Waals surface area (Å²) in [5.74, 6) is 1.55. The lowest BCUT2D eigenvalue weighted by molar-refractivity contribution is 0.376. The Bertz CT molecular complexity index is 620. The molecule has 2 aromatic rings. The van der Waals surface area contributed by atoms with Gasteiger partial charge >= 0.3 is 0 Å². The Balaban J connectivity index is 1.80. The molecule has 4 rings (SSSR count). The summed E-state index contributed by atoms with van der Waals surface area (Å²) in [6.45, 7) is 3.07. The molecular weight excluding hydrogens is 224 g/mol. The van der Waals surface area contributed by atoms with Gasteiger partial charge < -0.3 is 5.73 Å². The molecule has 2 aliphatic rings. The molecule has 0 spiro atoms. The van der Waals surface area contributed by atoms with E-state index >= 15 is 0 Å². The molecule has 4 heteroatoms. The van der Waals surface area contributed by atoms with E-state index in [4.69, 9.17) is 5.73 Å². The van der Waals surface area contributed by atoms with E-state index < -0.39 is 0 Å². The van der Waals surface area contributed by atoms with Gasteiger partial charge in [-0.25, -0.2) is 9.97 Å². The number of rotatable bonds is 3. The van der Waals surface area contributed by atoms with Gasteiger partial charge in [0.05, 0.1) is 0 Å². The van der Waals surface area contributed by atoms with Gasteiger partial charge in [-0.15, -0.1) is 0 Å².